The van der Waals surface area contributed by atoms with Gasteiger partial charge in [-0.05, 0) is 59.2 Å². The van der Waals surface area contributed by atoms with Crippen LogP contribution in [0.25, 0.3) is 10.9 Å². The second kappa shape index (κ2) is 14.2. The molecule has 6 nitrogen and oxygen atoms in total. The number of carbonyl (C=O) groups excluding carboxylic acids is 2. The number of hydrogen-bond acceptors (Lipinski definition) is 3. The van der Waals surface area contributed by atoms with E-state index in [0.717, 1.165) is 22.0 Å². The zero-order valence-electron chi connectivity index (χ0n) is 24.8. The van der Waals surface area contributed by atoms with Crippen molar-refractivity contribution in [3.63, 3.8) is 0 Å². The first-order valence-corrected chi connectivity index (χ1v) is 15.0. The molecule has 0 radical (unpaired) electrons. The number of nitrogens with zero attached hydrogens (tertiary/aromatic N) is 2. The molecule has 8 heteroatoms. The maximum atomic E-state index is 13.9. The molecule has 0 saturated heterocycles. The van der Waals surface area contributed by atoms with Crippen molar-refractivity contribution < 1.29 is 14.3 Å². The standard InChI is InChI=1S/C34H39Cl2N3O3/c1-34(2,3)27-13-10-24(11-14-27)22-38(18-16-26-21-37-31-9-6-5-8-28(26)31)32(40)23-39(17-7-19-42-4)33(41)25-12-15-29(35)30(36)20-25/h5-6,8-15,20-21,37H,7,16-19,22-23H2,1-4H3. The van der Waals surface area contributed by atoms with Gasteiger partial charge < -0.3 is 19.5 Å². The second-order valence-corrected chi connectivity index (χ2v) is 12.4. The normalized spacial score (nSPS) is 11.6. The Bertz CT molecular complexity index is 1510. The number of para-hydroxylation sites is 1. The minimum Gasteiger partial charge on any atom is -0.385 e. The van der Waals surface area contributed by atoms with Gasteiger partial charge in [-0.2, -0.15) is 0 Å². The van der Waals surface area contributed by atoms with E-state index in [4.69, 9.17) is 27.9 Å². The van der Waals surface area contributed by atoms with Crippen LogP contribution in [0.4, 0.5) is 0 Å². The van der Waals surface area contributed by atoms with Crippen molar-refractivity contribution in [3.8, 4) is 0 Å². The topological polar surface area (TPSA) is 65.6 Å². The number of rotatable bonds is 12. The van der Waals surface area contributed by atoms with Crippen LogP contribution in [0.5, 0.6) is 0 Å². The molecular formula is C34H39Cl2N3O3. The summed E-state index contributed by atoms with van der Waals surface area (Å²) in [7, 11) is 1.62. The lowest BCUT2D eigenvalue weighted by molar-refractivity contribution is -0.132. The van der Waals surface area contributed by atoms with Crippen LogP contribution in [0.3, 0.4) is 0 Å². The van der Waals surface area contributed by atoms with E-state index in [9.17, 15) is 9.59 Å². The van der Waals surface area contributed by atoms with Crippen LogP contribution in [0.15, 0.2) is 72.9 Å². The van der Waals surface area contributed by atoms with Gasteiger partial charge in [0.05, 0.1) is 10.0 Å². The summed E-state index contributed by atoms with van der Waals surface area (Å²) in [6.45, 7) is 8.29. The molecule has 42 heavy (non-hydrogen) atoms. The van der Waals surface area contributed by atoms with Crippen molar-refractivity contribution in [2.75, 3.05) is 33.4 Å². The van der Waals surface area contributed by atoms with Crippen molar-refractivity contribution in [3.05, 3.63) is 105 Å². The number of amides is 2. The third kappa shape index (κ3) is 8.15. The van der Waals surface area contributed by atoms with E-state index in [2.05, 4.69) is 56.1 Å². The van der Waals surface area contributed by atoms with Crippen LogP contribution in [0.2, 0.25) is 10.0 Å². The van der Waals surface area contributed by atoms with Crippen LogP contribution in [-0.4, -0.2) is 59.9 Å². The molecule has 0 bridgehead atoms. The first kappa shape index (κ1) is 31.6. The molecule has 0 saturated carbocycles. The average Bonchev–Trinajstić information content (AvgIpc) is 3.38. The quantitative estimate of drug-likeness (QED) is 0.169. The number of methoxy groups -OCH3 is 1. The SMILES string of the molecule is COCCCN(CC(=O)N(CCc1c[nH]c2ccccc12)Cc1ccc(C(C)(C)C)cc1)C(=O)c1ccc(Cl)c(Cl)c1. The summed E-state index contributed by atoms with van der Waals surface area (Å²) in [5.41, 5.74) is 4.92. The number of H-pyrrole nitrogens is 1. The highest BCUT2D eigenvalue weighted by Crippen LogP contribution is 2.25. The lowest BCUT2D eigenvalue weighted by Gasteiger charge is -2.28. The molecule has 0 fully saturated rings. The number of carbonyl (C=O) groups is 2. The molecule has 1 N–H and O–H groups in total. The molecule has 222 valence electrons. The third-order valence-electron chi connectivity index (χ3n) is 7.43. The average molecular weight is 609 g/mol. The number of ether oxygens (including phenoxy) is 1. The Morgan fingerprint density at radius 2 is 1.64 bits per heavy atom. The summed E-state index contributed by atoms with van der Waals surface area (Å²) in [6.07, 6.45) is 3.29. The van der Waals surface area contributed by atoms with Crippen molar-refractivity contribution in [2.45, 2.75) is 45.6 Å². The third-order valence-corrected chi connectivity index (χ3v) is 8.17. The predicted molar refractivity (Wildman–Crippen MR) is 171 cm³/mol. The predicted octanol–water partition coefficient (Wildman–Crippen LogP) is 7.52. The van der Waals surface area contributed by atoms with Gasteiger partial charge in [-0.25, -0.2) is 0 Å². The molecule has 0 unspecified atom stereocenters. The van der Waals surface area contributed by atoms with Gasteiger partial charge >= 0.3 is 0 Å². The molecule has 1 aromatic heterocycles. The molecule has 0 aliphatic heterocycles. The molecule has 0 aliphatic rings. The van der Waals surface area contributed by atoms with Gasteiger partial charge in [0.2, 0.25) is 5.91 Å². The van der Waals surface area contributed by atoms with E-state index in [1.54, 1.807) is 30.2 Å². The lowest BCUT2D eigenvalue weighted by atomic mass is 9.87. The molecule has 3 aromatic carbocycles. The van der Waals surface area contributed by atoms with Crippen LogP contribution in [0.1, 0.15) is 54.2 Å². The van der Waals surface area contributed by atoms with Gasteiger partial charge in [0.25, 0.3) is 5.91 Å². The number of hydrogen-bond donors (Lipinski definition) is 1. The lowest BCUT2D eigenvalue weighted by Crippen LogP contribution is -2.44. The summed E-state index contributed by atoms with van der Waals surface area (Å²) >= 11 is 12.3. The summed E-state index contributed by atoms with van der Waals surface area (Å²) in [4.78, 5) is 34.2. The van der Waals surface area contributed by atoms with Crippen LogP contribution >= 0.6 is 23.2 Å². The number of benzene rings is 3. The van der Waals surface area contributed by atoms with Gasteiger partial charge in [0.15, 0.2) is 0 Å². The van der Waals surface area contributed by atoms with Crippen molar-refractivity contribution in [1.29, 1.82) is 0 Å². The van der Waals surface area contributed by atoms with Crippen molar-refractivity contribution in [1.82, 2.24) is 14.8 Å². The van der Waals surface area contributed by atoms with Crippen LogP contribution < -0.4 is 0 Å². The monoisotopic (exact) mass is 607 g/mol. The fourth-order valence-corrected chi connectivity index (χ4v) is 5.24. The number of halogens is 2. The molecule has 0 spiro atoms. The minimum absolute atomic E-state index is 0.0387. The van der Waals surface area contributed by atoms with E-state index in [-0.39, 0.29) is 23.8 Å². The summed E-state index contributed by atoms with van der Waals surface area (Å²) < 4.78 is 5.22. The zero-order chi connectivity index (χ0) is 30.3. The van der Waals surface area contributed by atoms with E-state index < -0.39 is 0 Å². The van der Waals surface area contributed by atoms with E-state index in [0.29, 0.717) is 54.7 Å². The van der Waals surface area contributed by atoms with Gasteiger partial charge in [-0.3, -0.25) is 9.59 Å². The highest BCUT2D eigenvalue weighted by atomic mass is 35.5. The molecule has 2 amide bonds. The van der Waals surface area contributed by atoms with Gasteiger partial charge in [-0.1, -0.05) is 86.4 Å². The molecule has 4 rings (SSSR count). The number of aromatic amines is 1. The first-order valence-electron chi connectivity index (χ1n) is 14.2. The largest absolute Gasteiger partial charge is 0.385 e. The minimum atomic E-state index is -0.274. The van der Waals surface area contributed by atoms with Crippen molar-refractivity contribution in [2.24, 2.45) is 0 Å². The zero-order valence-corrected chi connectivity index (χ0v) is 26.3. The molecule has 1 heterocycles. The Labute approximate surface area is 258 Å². The molecule has 4 aromatic rings. The maximum absolute atomic E-state index is 13.9. The molecule has 0 atom stereocenters. The van der Waals surface area contributed by atoms with Crippen LogP contribution in [0, 0.1) is 0 Å². The fourth-order valence-electron chi connectivity index (χ4n) is 4.94. The smallest absolute Gasteiger partial charge is 0.254 e. The Morgan fingerprint density at radius 3 is 2.33 bits per heavy atom. The van der Waals surface area contributed by atoms with Gasteiger partial charge in [0.1, 0.15) is 6.54 Å². The Kier molecular flexibility index (Phi) is 10.7. The van der Waals surface area contributed by atoms with E-state index >= 15 is 0 Å². The van der Waals surface area contributed by atoms with Crippen molar-refractivity contribution >= 4 is 45.9 Å². The summed E-state index contributed by atoms with van der Waals surface area (Å²) in [6, 6.07) is 21.4. The Morgan fingerprint density at radius 1 is 0.905 bits per heavy atom. The highest BCUT2D eigenvalue weighted by molar-refractivity contribution is 6.42. The number of fused-ring (bicyclic) bond motifs is 1. The van der Waals surface area contributed by atoms with Gasteiger partial charge in [-0.15, -0.1) is 0 Å². The fraction of sp³-hybridized carbons (Fsp3) is 0.353. The van der Waals surface area contributed by atoms with Gasteiger partial charge in [0, 0.05) is 56.0 Å². The van der Waals surface area contributed by atoms with E-state index in [1.165, 1.54) is 5.56 Å². The van der Waals surface area contributed by atoms with E-state index in [1.807, 2.05) is 29.3 Å². The number of nitrogens with one attached hydrogen (secondary N) is 1. The summed E-state index contributed by atoms with van der Waals surface area (Å²) in [5, 5.41) is 1.82. The first-order chi connectivity index (χ1) is 20.1. The molecular weight excluding hydrogens is 569 g/mol. The number of aromatic nitrogens is 1. The van der Waals surface area contributed by atoms with Crippen LogP contribution in [-0.2, 0) is 27.9 Å². The Hall–Kier alpha value is -3.32. The highest BCUT2D eigenvalue weighted by Gasteiger charge is 2.24. The summed E-state index contributed by atoms with van der Waals surface area (Å²) in [5.74, 6) is -0.398. The second-order valence-electron chi connectivity index (χ2n) is 11.6. The molecule has 0 aliphatic carbocycles. The Balaban J connectivity index is 1.57. The maximum Gasteiger partial charge on any atom is 0.254 e.